The van der Waals surface area contributed by atoms with Crippen molar-refractivity contribution in [3.8, 4) is 0 Å². The summed E-state index contributed by atoms with van der Waals surface area (Å²) in [4.78, 5) is 15.5. The van der Waals surface area contributed by atoms with Crippen LogP contribution in [0.2, 0.25) is 0 Å². The third kappa shape index (κ3) is 3.80. The van der Waals surface area contributed by atoms with Crippen LogP contribution in [-0.4, -0.2) is 26.0 Å². The van der Waals surface area contributed by atoms with Crippen LogP contribution in [0.5, 0.6) is 0 Å². The molecular formula is C12H11BrN2O4S2. The van der Waals surface area contributed by atoms with Gasteiger partial charge in [0.1, 0.15) is 9.90 Å². The van der Waals surface area contributed by atoms with Gasteiger partial charge in [-0.1, -0.05) is 0 Å². The highest BCUT2D eigenvalue weighted by molar-refractivity contribution is 9.10. The van der Waals surface area contributed by atoms with E-state index in [1.54, 1.807) is 12.3 Å². The normalized spacial score (nSPS) is 11.1. The third-order valence-corrected chi connectivity index (χ3v) is 5.09. The molecule has 0 aliphatic carbocycles. The van der Waals surface area contributed by atoms with Crippen LogP contribution in [0.25, 0.3) is 0 Å². The van der Waals surface area contributed by atoms with Gasteiger partial charge < -0.3 is 4.74 Å². The molecule has 0 unspecified atom stereocenters. The highest BCUT2D eigenvalue weighted by Crippen LogP contribution is 2.27. The van der Waals surface area contributed by atoms with Gasteiger partial charge in [0.2, 0.25) is 0 Å². The lowest BCUT2D eigenvalue weighted by molar-refractivity contribution is 0.0528. The second kappa shape index (κ2) is 6.54. The maximum Gasteiger partial charge on any atom is 0.341 e. The van der Waals surface area contributed by atoms with Crippen molar-refractivity contribution < 1.29 is 17.9 Å². The molecular weight excluding hydrogens is 380 g/mol. The Morgan fingerprint density at radius 3 is 2.90 bits per heavy atom. The number of aromatic nitrogens is 1. The van der Waals surface area contributed by atoms with E-state index in [2.05, 4.69) is 25.6 Å². The maximum atomic E-state index is 12.3. The minimum atomic E-state index is -3.82. The highest BCUT2D eigenvalue weighted by Gasteiger charge is 2.21. The van der Waals surface area contributed by atoms with Crippen molar-refractivity contribution in [2.75, 3.05) is 11.3 Å². The van der Waals surface area contributed by atoms with Crippen molar-refractivity contribution in [3.63, 3.8) is 0 Å². The molecule has 2 heterocycles. The van der Waals surface area contributed by atoms with Gasteiger partial charge in [-0.05, 0) is 40.4 Å². The molecule has 0 aromatic carbocycles. The first-order chi connectivity index (χ1) is 9.94. The van der Waals surface area contributed by atoms with Gasteiger partial charge >= 0.3 is 5.97 Å². The fraction of sp³-hybridized carbons (Fsp3) is 0.167. The summed E-state index contributed by atoms with van der Waals surface area (Å²) in [6, 6.07) is 2.94. The van der Waals surface area contributed by atoms with Gasteiger partial charge in [-0.2, -0.15) is 0 Å². The number of anilines is 1. The number of hydrogen-bond donors (Lipinski definition) is 1. The molecule has 0 spiro atoms. The van der Waals surface area contributed by atoms with E-state index < -0.39 is 16.0 Å². The Balaban J connectivity index is 2.30. The zero-order chi connectivity index (χ0) is 15.5. The lowest BCUT2D eigenvalue weighted by atomic mass is 10.3. The Kier molecular flexibility index (Phi) is 4.96. The first-order valence-corrected chi connectivity index (χ1v) is 8.97. The number of sulfonamides is 1. The summed E-state index contributed by atoms with van der Waals surface area (Å²) >= 11 is 4.27. The average molecular weight is 391 g/mol. The highest BCUT2D eigenvalue weighted by atomic mass is 79.9. The van der Waals surface area contributed by atoms with Crippen LogP contribution < -0.4 is 4.72 Å². The number of carbonyl (C=O) groups is 1. The second-order valence-electron chi connectivity index (χ2n) is 3.83. The van der Waals surface area contributed by atoms with Crippen molar-refractivity contribution in [2.45, 2.75) is 11.8 Å². The molecule has 0 bridgehead atoms. The Labute approximate surface area is 134 Å². The summed E-state index contributed by atoms with van der Waals surface area (Å²) < 4.78 is 32.3. The topological polar surface area (TPSA) is 85.4 Å². The van der Waals surface area contributed by atoms with Gasteiger partial charge in [-0.3, -0.25) is 9.71 Å². The van der Waals surface area contributed by atoms with Crippen LogP contribution in [0.4, 0.5) is 5.00 Å². The summed E-state index contributed by atoms with van der Waals surface area (Å²) in [5, 5.41) is 1.83. The van der Waals surface area contributed by atoms with Gasteiger partial charge in [-0.25, -0.2) is 13.2 Å². The van der Waals surface area contributed by atoms with Gasteiger partial charge in [0.05, 0.1) is 12.2 Å². The number of hydrogen-bond acceptors (Lipinski definition) is 6. The fourth-order valence-corrected chi connectivity index (χ4v) is 4.09. The van der Waals surface area contributed by atoms with E-state index in [0.29, 0.717) is 4.47 Å². The molecule has 6 nitrogen and oxygen atoms in total. The van der Waals surface area contributed by atoms with E-state index >= 15 is 0 Å². The number of thiophene rings is 1. The molecule has 0 radical (unpaired) electrons. The predicted molar refractivity (Wildman–Crippen MR) is 83.0 cm³/mol. The molecule has 0 saturated carbocycles. The number of rotatable bonds is 5. The molecule has 2 aromatic heterocycles. The molecule has 21 heavy (non-hydrogen) atoms. The molecule has 0 saturated heterocycles. The number of ether oxygens (including phenoxy) is 1. The molecule has 0 amide bonds. The maximum absolute atomic E-state index is 12.3. The first-order valence-electron chi connectivity index (χ1n) is 5.82. The van der Waals surface area contributed by atoms with Crippen LogP contribution >= 0.6 is 27.3 Å². The number of pyridine rings is 1. The Hall–Kier alpha value is -1.45. The average Bonchev–Trinajstić information content (AvgIpc) is 2.86. The molecule has 9 heteroatoms. The SMILES string of the molecule is CCOC(=O)c1ccsc1NS(=O)(=O)c1cncc(Br)c1. The third-order valence-electron chi connectivity index (χ3n) is 2.38. The number of nitrogens with zero attached hydrogens (tertiary/aromatic N) is 1. The molecule has 0 aliphatic rings. The van der Waals surface area contributed by atoms with Crippen molar-refractivity contribution in [1.29, 1.82) is 0 Å². The van der Waals surface area contributed by atoms with Crippen molar-refractivity contribution in [1.82, 2.24) is 4.98 Å². The lowest BCUT2D eigenvalue weighted by Crippen LogP contribution is -2.15. The summed E-state index contributed by atoms with van der Waals surface area (Å²) in [6.07, 6.45) is 2.71. The van der Waals surface area contributed by atoms with Gasteiger partial charge in [-0.15, -0.1) is 11.3 Å². The van der Waals surface area contributed by atoms with E-state index in [-0.39, 0.29) is 22.1 Å². The zero-order valence-electron chi connectivity index (χ0n) is 10.9. The number of halogens is 1. The summed E-state index contributed by atoms with van der Waals surface area (Å²) in [5.74, 6) is -0.566. The van der Waals surface area contributed by atoms with Crippen molar-refractivity contribution in [2.24, 2.45) is 0 Å². The summed E-state index contributed by atoms with van der Waals surface area (Å²) in [7, 11) is -3.82. The number of nitrogens with one attached hydrogen (secondary N) is 1. The number of carbonyl (C=O) groups excluding carboxylic acids is 1. The molecule has 1 N–H and O–H groups in total. The van der Waals surface area contributed by atoms with Crippen LogP contribution in [0, 0.1) is 0 Å². The van der Waals surface area contributed by atoms with Crippen LogP contribution in [0.1, 0.15) is 17.3 Å². The minimum Gasteiger partial charge on any atom is -0.462 e. The van der Waals surface area contributed by atoms with Gasteiger partial charge in [0.25, 0.3) is 10.0 Å². The lowest BCUT2D eigenvalue weighted by Gasteiger charge is -2.08. The predicted octanol–water partition coefficient (Wildman–Crippen LogP) is 2.88. The summed E-state index contributed by atoms with van der Waals surface area (Å²) in [5.41, 5.74) is 0.188. The Morgan fingerprint density at radius 1 is 1.48 bits per heavy atom. The molecule has 0 atom stereocenters. The van der Waals surface area contributed by atoms with Crippen molar-refractivity contribution in [3.05, 3.63) is 39.9 Å². The summed E-state index contributed by atoms with van der Waals surface area (Å²) in [6.45, 7) is 1.90. The van der Waals surface area contributed by atoms with Crippen LogP contribution in [0.15, 0.2) is 39.3 Å². The van der Waals surface area contributed by atoms with Crippen LogP contribution in [0.3, 0.4) is 0 Å². The second-order valence-corrected chi connectivity index (χ2v) is 7.34. The molecule has 0 aliphatic heterocycles. The van der Waals surface area contributed by atoms with E-state index in [1.807, 2.05) is 0 Å². The van der Waals surface area contributed by atoms with E-state index in [1.165, 1.54) is 24.5 Å². The van der Waals surface area contributed by atoms with Gasteiger partial charge in [0, 0.05) is 16.9 Å². The minimum absolute atomic E-state index is 0.0000777. The molecule has 2 rings (SSSR count). The Bertz CT molecular complexity index is 758. The molecule has 112 valence electrons. The Morgan fingerprint density at radius 2 is 2.24 bits per heavy atom. The quantitative estimate of drug-likeness (QED) is 0.793. The largest absolute Gasteiger partial charge is 0.462 e. The van der Waals surface area contributed by atoms with Crippen molar-refractivity contribution >= 4 is 48.3 Å². The smallest absolute Gasteiger partial charge is 0.341 e. The van der Waals surface area contributed by atoms with E-state index in [9.17, 15) is 13.2 Å². The van der Waals surface area contributed by atoms with Crippen LogP contribution in [-0.2, 0) is 14.8 Å². The van der Waals surface area contributed by atoms with E-state index in [4.69, 9.17) is 4.74 Å². The standard InChI is InChI=1S/C12H11BrN2O4S2/c1-2-19-12(16)10-3-4-20-11(10)15-21(17,18)9-5-8(13)6-14-7-9/h3-7,15H,2H2,1H3. The van der Waals surface area contributed by atoms with E-state index in [0.717, 1.165) is 11.3 Å². The first kappa shape index (κ1) is 15.9. The molecule has 2 aromatic rings. The molecule has 0 fully saturated rings. The monoisotopic (exact) mass is 390 g/mol. The fourth-order valence-electron chi connectivity index (χ4n) is 1.48. The van der Waals surface area contributed by atoms with Gasteiger partial charge in [0.15, 0.2) is 0 Å². The zero-order valence-corrected chi connectivity index (χ0v) is 14.1. The number of esters is 1.